The van der Waals surface area contributed by atoms with Crippen molar-refractivity contribution in [2.75, 3.05) is 25.9 Å². The molecular formula is C14H24N2O2S. The van der Waals surface area contributed by atoms with Gasteiger partial charge in [0.25, 0.3) is 0 Å². The number of amides is 2. The molecule has 1 aliphatic heterocycles. The second-order valence-corrected chi connectivity index (χ2v) is 7.04. The van der Waals surface area contributed by atoms with Crippen LogP contribution < -0.4 is 0 Å². The number of thioether (sulfide) groups is 1. The van der Waals surface area contributed by atoms with Crippen molar-refractivity contribution in [2.24, 2.45) is 0 Å². The molecule has 2 aliphatic rings. The number of carbonyl (C=O) groups is 2. The Morgan fingerprint density at radius 1 is 1.26 bits per heavy atom. The first kappa shape index (κ1) is 14.9. The summed E-state index contributed by atoms with van der Waals surface area (Å²) in [6, 6.07) is 0.622. The molecule has 2 fully saturated rings. The summed E-state index contributed by atoms with van der Waals surface area (Å²) in [4.78, 5) is 26.8. The van der Waals surface area contributed by atoms with Gasteiger partial charge in [-0.25, -0.2) is 0 Å². The first-order valence-electron chi connectivity index (χ1n) is 7.26. The Hall–Kier alpha value is -0.550. The zero-order valence-electron chi connectivity index (χ0n) is 11.9. The van der Waals surface area contributed by atoms with Crippen LogP contribution in [0.4, 0.5) is 0 Å². The van der Waals surface area contributed by atoms with E-state index in [-0.39, 0.29) is 11.8 Å². The average Bonchev–Trinajstić information content (AvgIpc) is 2.96. The van der Waals surface area contributed by atoms with E-state index in [1.807, 2.05) is 0 Å². The lowest BCUT2D eigenvalue weighted by Crippen LogP contribution is -2.39. The summed E-state index contributed by atoms with van der Waals surface area (Å²) < 4.78 is 0. The van der Waals surface area contributed by atoms with E-state index in [1.54, 1.807) is 0 Å². The minimum atomic E-state index is 0.00392. The van der Waals surface area contributed by atoms with Gasteiger partial charge in [-0.2, -0.15) is 11.8 Å². The Morgan fingerprint density at radius 2 is 1.95 bits per heavy atom. The SMILES string of the molecule is CCS[C@@H]1CC[C@@H](N(C)CCN2C(=O)CCC2=O)C1. The third kappa shape index (κ3) is 3.72. The van der Waals surface area contributed by atoms with Crippen molar-refractivity contribution in [1.29, 1.82) is 0 Å². The van der Waals surface area contributed by atoms with Gasteiger partial charge in [-0.1, -0.05) is 6.92 Å². The van der Waals surface area contributed by atoms with Crippen LogP contribution in [0, 0.1) is 0 Å². The number of rotatable bonds is 6. The fraction of sp³-hybridized carbons (Fsp3) is 0.857. The van der Waals surface area contributed by atoms with Gasteiger partial charge >= 0.3 is 0 Å². The molecule has 108 valence electrons. The highest BCUT2D eigenvalue weighted by Crippen LogP contribution is 2.32. The van der Waals surface area contributed by atoms with Gasteiger partial charge in [0.15, 0.2) is 0 Å². The Morgan fingerprint density at radius 3 is 2.58 bits per heavy atom. The molecular weight excluding hydrogens is 260 g/mol. The molecule has 1 saturated heterocycles. The molecule has 2 rings (SSSR count). The van der Waals surface area contributed by atoms with Crippen molar-refractivity contribution >= 4 is 23.6 Å². The van der Waals surface area contributed by atoms with Crippen molar-refractivity contribution < 1.29 is 9.59 Å². The zero-order valence-corrected chi connectivity index (χ0v) is 12.7. The lowest BCUT2D eigenvalue weighted by Gasteiger charge is -2.26. The van der Waals surface area contributed by atoms with Crippen LogP contribution in [-0.4, -0.2) is 58.8 Å². The van der Waals surface area contributed by atoms with Gasteiger partial charge < -0.3 is 4.90 Å². The molecule has 0 bridgehead atoms. The number of likely N-dealkylation sites (N-methyl/N-ethyl adjacent to an activating group) is 1. The van der Waals surface area contributed by atoms with E-state index in [2.05, 4.69) is 30.6 Å². The van der Waals surface area contributed by atoms with Crippen LogP contribution >= 0.6 is 11.8 Å². The third-order valence-corrected chi connectivity index (χ3v) is 5.45. The van der Waals surface area contributed by atoms with Gasteiger partial charge in [-0.05, 0) is 32.1 Å². The fourth-order valence-electron chi connectivity index (χ4n) is 3.02. The van der Waals surface area contributed by atoms with E-state index in [0.717, 1.165) is 11.8 Å². The van der Waals surface area contributed by atoms with Crippen LogP contribution in [0.3, 0.4) is 0 Å². The monoisotopic (exact) mass is 284 g/mol. The number of nitrogens with zero attached hydrogens (tertiary/aromatic N) is 2. The van der Waals surface area contributed by atoms with E-state index < -0.39 is 0 Å². The van der Waals surface area contributed by atoms with Crippen molar-refractivity contribution in [3.05, 3.63) is 0 Å². The van der Waals surface area contributed by atoms with Gasteiger partial charge in [-0.3, -0.25) is 14.5 Å². The van der Waals surface area contributed by atoms with Gasteiger partial charge in [-0.15, -0.1) is 0 Å². The number of likely N-dealkylation sites (tertiary alicyclic amines) is 1. The molecule has 1 heterocycles. The van der Waals surface area contributed by atoms with Crippen LogP contribution in [0.15, 0.2) is 0 Å². The molecule has 2 amide bonds. The average molecular weight is 284 g/mol. The van der Waals surface area contributed by atoms with Crippen LogP contribution in [0.1, 0.15) is 39.0 Å². The zero-order chi connectivity index (χ0) is 13.8. The predicted octanol–water partition coefficient (Wildman–Crippen LogP) is 1.74. The molecule has 0 aromatic rings. The Kier molecular flexibility index (Phi) is 5.28. The van der Waals surface area contributed by atoms with Crippen LogP contribution in [0.5, 0.6) is 0 Å². The van der Waals surface area contributed by atoms with Crippen molar-refractivity contribution in [1.82, 2.24) is 9.80 Å². The van der Waals surface area contributed by atoms with Crippen LogP contribution in [0.2, 0.25) is 0 Å². The standard InChI is InChI=1S/C14H24N2O2S/c1-3-19-12-5-4-11(10-12)15(2)8-9-16-13(17)6-7-14(16)18/h11-12H,3-10H2,1-2H3/t11-,12-/m1/s1. The summed E-state index contributed by atoms with van der Waals surface area (Å²) in [5.74, 6) is 1.20. The summed E-state index contributed by atoms with van der Waals surface area (Å²) in [5, 5.41) is 0.799. The third-order valence-electron chi connectivity index (χ3n) is 4.21. The van der Waals surface area contributed by atoms with Crippen molar-refractivity contribution in [3.8, 4) is 0 Å². The van der Waals surface area contributed by atoms with Gasteiger partial charge in [0.05, 0.1) is 0 Å². The summed E-state index contributed by atoms with van der Waals surface area (Å²) >= 11 is 2.06. The van der Waals surface area contributed by atoms with E-state index in [0.29, 0.717) is 25.4 Å². The van der Waals surface area contributed by atoms with Crippen molar-refractivity contribution in [3.63, 3.8) is 0 Å². The molecule has 0 aromatic carbocycles. The van der Waals surface area contributed by atoms with Gasteiger partial charge in [0.2, 0.25) is 11.8 Å². The first-order valence-corrected chi connectivity index (χ1v) is 8.31. The predicted molar refractivity (Wildman–Crippen MR) is 78.1 cm³/mol. The minimum Gasteiger partial charge on any atom is -0.302 e. The lowest BCUT2D eigenvalue weighted by molar-refractivity contribution is -0.138. The number of imide groups is 1. The van der Waals surface area contributed by atoms with Crippen molar-refractivity contribution in [2.45, 2.75) is 50.3 Å². The number of carbonyl (C=O) groups excluding carboxylic acids is 2. The molecule has 4 nitrogen and oxygen atoms in total. The highest BCUT2D eigenvalue weighted by Gasteiger charge is 2.31. The molecule has 5 heteroatoms. The van der Waals surface area contributed by atoms with Crippen LogP contribution in [-0.2, 0) is 9.59 Å². The van der Waals surface area contributed by atoms with E-state index in [4.69, 9.17) is 0 Å². The lowest BCUT2D eigenvalue weighted by atomic mass is 10.2. The summed E-state index contributed by atoms with van der Waals surface area (Å²) in [7, 11) is 2.12. The smallest absolute Gasteiger partial charge is 0.229 e. The molecule has 0 radical (unpaired) electrons. The number of hydrogen-bond acceptors (Lipinski definition) is 4. The highest BCUT2D eigenvalue weighted by molar-refractivity contribution is 7.99. The molecule has 0 unspecified atom stereocenters. The van der Waals surface area contributed by atoms with Gasteiger partial charge in [0.1, 0.15) is 0 Å². The quantitative estimate of drug-likeness (QED) is 0.697. The molecule has 19 heavy (non-hydrogen) atoms. The molecule has 2 atom stereocenters. The molecule has 0 spiro atoms. The second kappa shape index (κ2) is 6.75. The molecule has 1 saturated carbocycles. The Bertz CT molecular complexity index is 332. The van der Waals surface area contributed by atoms with Crippen LogP contribution in [0.25, 0.3) is 0 Å². The number of hydrogen-bond donors (Lipinski definition) is 0. The minimum absolute atomic E-state index is 0.00392. The molecule has 0 N–H and O–H groups in total. The largest absolute Gasteiger partial charge is 0.302 e. The van der Waals surface area contributed by atoms with E-state index in [9.17, 15) is 9.59 Å². The Labute approximate surface area is 119 Å². The van der Waals surface area contributed by atoms with E-state index in [1.165, 1.54) is 29.9 Å². The fourth-order valence-corrected chi connectivity index (χ4v) is 4.15. The maximum Gasteiger partial charge on any atom is 0.229 e. The molecule has 0 aromatic heterocycles. The highest BCUT2D eigenvalue weighted by atomic mass is 32.2. The first-order chi connectivity index (χ1) is 9.11. The topological polar surface area (TPSA) is 40.6 Å². The summed E-state index contributed by atoms with van der Waals surface area (Å²) in [6.07, 6.45) is 4.60. The second-order valence-electron chi connectivity index (χ2n) is 5.46. The summed E-state index contributed by atoms with van der Waals surface area (Å²) in [6.45, 7) is 3.59. The normalized spacial score (nSPS) is 27.8. The van der Waals surface area contributed by atoms with Gasteiger partial charge in [0, 0.05) is 37.2 Å². The maximum absolute atomic E-state index is 11.5. The summed E-state index contributed by atoms with van der Waals surface area (Å²) in [5.41, 5.74) is 0. The van der Waals surface area contributed by atoms with E-state index >= 15 is 0 Å². The maximum atomic E-state index is 11.5. The molecule has 1 aliphatic carbocycles. The Balaban J connectivity index is 1.74.